The van der Waals surface area contributed by atoms with Crippen molar-refractivity contribution in [2.75, 3.05) is 18.1 Å². The second kappa shape index (κ2) is 7.80. The molecule has 1 aliphatic rings. The van der Waals surface area contributed by atoms with Crippen LogP contribution in [0, 0.1) is 0 Å². The number of anilines is 1. The van der Waals surface area contributed by atoms with Gasteiger partial charge in [-0.25, -0.2) is 4.98 Å². The second-order valence-electron chi connectivity index (χ2n) is 6.46. The van der Waals surface area contributed by atoms with Crippen LogP contribution >= 0.6 is 23.2 Å². The van der Waals surface area contributed by atoms with Crippen molar-refractivity contribution in [3.05, 3.63) is 59.0 Å². The molecule has 1 N–H and O–H groups in total. The normalized spacial score (nSPS) is 16.7. The van der Waals surface area contributed by atoms with E-state index in [1.165, 1.54) is 0 Å². The molecule has 4 rings (SSSR count). The lowest BCUT2D eigenvalue weighted by Crippen LogP contribution is -2.32. The van der Waals surface area contributed by atoms with Crippen molar-refractivity contribution in [3.8, 4) is 22.5 Å². The molecule has 0 saturated carbocycles. The number of nitrogens with zero attached hydrogens (tertiary/aromatic N) is 4. The lowest BCUT2D eigenvalue weighted by Gasteiger charge is -2.25. The van der Waals surface area contributed by atoms with Crippen molar-refractivity contribution >= 4 is 29.0 Å². The van der Waals surface area contributed by atoms with Gasteiger partial charge in [0.1, 0.15) is 11.5 Å². The summed E-state index contributed by atoms with van der Waals surface area (Å²) in [7, 11) is 0. The molecule has 0 spiro atoms. The molecule has 5 nitrogen and oxygen atoms in total. The Morgan fingerprint density at radius 2 is 1.89 bits per heavy atom. The predicted octanol–water partition coefficient (Wildman–Crippen LogP) is 4.47. The molecule has 27 heavy (non-hydrogen) atoms. The van der Waals surface area contributed by atoms with E-state index < -0.39 is 0 Å². The summed E-state index contributed by atoms with van der Waals surface area (Å²) in [6, 6.07) is 9.39. The van der Waals surface area contributed by atoms with Crippen molar-refractivity contribution < 1.29 is 5.11 Å². The molecular weight excluding hydrogens is 383 g/mol. The summed E-state index contributed by atoms with van der Waals surface area (Å²) in [6.45, 7) is 0.954. The number of aliphatic hydroxyl groups is 1. The van der Waals surface area contributed by atoms with Gasteiger partial charge in [-0.1, -0.05) is 35.3 Å². The maximum Gasteiger partial charge on any atom is 0.148 e. The highest BCUT2D eigenvalue weighted by Crippen LogP contribution is 2.35. The molecule has 1 atom stereocenters. The van der Waals surface area contributed by atoms with E-state index in [-0.39, 0.29) is 12.6 Å². The molecule has 0 bridgehead atoms. The zero-order chi connectivity index (χ0) is 18.8. The van der Waals surface area contributed by atoms with Crippen molar-refractivity contribution in [2.45, 2.75) is 18.9 Å². The molecule has 7 heteroatoms. The first kappa shape index (κ1) is 18.2. The molecule has 0 aliphatic carbocycles. The fourth-order valence-electron chi connectivity index (χ4n) is 3.42. The van der Waals surface area contributed by atoms with Crippen LogP contribution in [0.3, 0.4) is 0 Å². The molecule has 2 aromatic heterocycles. The van der Waals surface area contributed by atoms with E-state index in [1.807, 2.05) is 30.3 Å². The number of rotatable bonds is 4. The number of hydrogen-bond donors (Lipinski definition) is 1. The highest BCUT2D eigenvalue weighted by atomic mass is 35.5. The Bertz CT molecular complexity index is 949. The van der Waals surface area contributed by atoms with Gasteiger partial charge in [-0.2, -0.15) is 0 Å². The largest absolute Gasteiger partial charge is 0.394 e. The Morgan fingerprint density at radius 3 is 2.63 bits per heavy atom. The molecule has 1 fully saturated rings. The summed E-state index contributed by atoms with van der Waals surface area (Å²) in [5.74, 6) is 0.743. The monoisotopic (exact) mass is 400 g/mol. The van der Waals surface area contributed by atoms with E-state index in [4.69, 9.17) is 33.2 Å². The third-order valence-electron chi connectivity index (χ3n) is 4.79. The first-order chi connectivity index (χ1) is 13.2. The van der Waals surface area contributed by atoms with Gasteiger partial charge in [-0.05, 0) is 31.0 Å². The predicted molar refractivity (Wildman–Crippen MR) is 108 cm³/mol. The zero-order valence-electron chi connectivity index (χ0n) is 14.5. The second-order valence-corrected chi connectivity index (χ2v) is 7.30. The topological polar surface area (TPSA) is 62.1 Å². The number of hydrogen-bond acceptors (Lipinski definition) is 5. The van der Waals surface area contributed by atoms with Crippen LogP contribution in [-0.2, 0) is 0 Å². The van der Waals surface area contributed by atoms with Crippen molar-refractivity contribution in [1.82, 2.24) is 15.0 Å². The number of aromatic nitrogens is 3. The van der Waals surface area contributed by atoms with Crippen LogP contribution in [0.25, 0.3) is 22.5 Å². The van der Waals surface area contributed by atoms with E-state index in [0.29, 0.717) is 15.7 Å². The van der Waals surface area contributed by atoms with Gasteiger partial charge in [0.25, 0.3) is 0 Å². The first-order valence-corrected chi connectivity index (χ1v) is 9.53. The van der Waals surface area contributed by atoms with Gasteiger partial charge in [0, 0.05) is 35.1 Å². The molecule has 138 valence electrons. The number of pyridine rings is 1. The Labute approximate surface area is 167 Å². The highest BCUT2D eigenvalue weighted by Gasteiger charge is 2.26. The molecular formula is C20H18Cl2N4O. The lowest BCUT2D eigenvalue weighted by molar-refractivity contribution is 0.266. The minimum Gasteiger partial charge on any atom is -0.394 e. The maximum atomic E-state index is 9.66. The minimum absolute atomic E-state index is 0.0708. The van der Waals surface area contributed by atoms with Gasteiger partial charge >= 0.3 is 0 Å². The summed E-state index contributed by atoms with van der Waals surface area (Å²) in [5, 5.41) is 10.8. The average molecular weight is 401 g/mol. The maximum absolute atomic E-state index is 9.66. The van der Waals surface area contributed by atoms with Gasteiger partial charge in [0.2, 0.25) is 0 Å². The number of aliphatic hydroxyl groups excluding tert-OH is 1. The summed E-state index contributed by atoms with van der Waals surface area (Å²) in [6.07, 6.45) is 7.02. The van der Waals surface area contributed by atoms with Crippen LogP contribution in [0.1, 0.15) is 12.8 Å². The van der Waals surface area contributed by atoms with E-state index in [2.05, 4.69) is 9.88 Å². The standard InChI is InChI=1S/C20H18Cl2N4O/c21-14-5-3-13(4-6-14)19-20(16-7-8-23-10-17(16)22)25-18(11-24-19)26-9-1-2-15(26)12-27/h3-8,10-11,15,27H,1-2,9,12H2/t15-/m0/s1. The van der Waals surface area contributed by atoms with Gasteiger partial charge in [0.15, 0.2) is 0 Å². The van der Waals surface area contributed by atoms with Crippen LogP contribution in [0.2, 0.25) is 10.0 Å². The Kier molecular flexibility index (Phi) is 5.25. The van der Waals surface area contributed by atoms with Gasteiger partial charge in [-0.3, -0.25) is 9.97 Å². The van der Waals surface area contributed by atoms with Crippen molar-refractivity contribution in [1.29, 1.82) is 0 Å². The molecule has 3 heterocycles. The van der Waals surface area contributed by atoms with E-state index >= 15 is 0 Å². The molecule has 0 amide bonds. The quantitative estimate of drug-likeness (QED) is 0.699. The van der Waals surface area contributed by atoms with E-state index in [0.717, 1.165) is 42.0 Å². The SMILES string of the molecule is OC[C@@H]1CCCN1c1cnc(-c2ccc(Cl)cc2)c(-c2ccncc2Cl)n1. The molecule has 0 radical (unpaired) electrons. The van der Waals surface area contributed by atoms with Crippen molar-refractivity contribution in [3.63, 3.8) is 0 Å². The zero-order valence-corrected chi connectivity index (χ0v) is 16.0. The van der Waals surface area contributed by atoms with Gasteiger partial charge in [-0.15, -0.1) is 0 Å². The summed E-state index contributed by atoms with van der Waals surface area (Å²) >= 11 is 12.4. The van der Waals surface area contributed by atoms with Crippen LogP contribution in [0.4, 0.5) is 5.82 Å². The van der Waals surface area contributed by atoms with Gasteiger partial charge in [0.05, 0.1) is 29.6 Å². The Morgan fingerprint density at radius 1 is 1.07 bits per heavy atom. The number of halogens is 2. The van der Waals surface area contributed by atoms with Crippen LogP contribution < -0.4 is 4.90 Å². The minimum atomic E-state index is 0.0708. The van der Waals surface area contributed by atoms with Crippen molar-refractivity contribution in [2.24, 2.45) is 0 Å². The molecule has 1 saturated heterocycles. The van der Waals surface area contributed by atoms with Crippen LogP contribution in [-0.4, -0.2) is 39.3 Å². The third kappa shape index (κ3) is 3.63. The number of benzene rings is 1. The first-order valence-electron chi connectivity index (χ1n) is 8.77. The van der Waals surface area contributed by atoms with Gasteiger partial charge < -0.3 is 10.0 Å². The fraction of sp³-hybridized carbons (Fsp3) is 0.250. The summed E-state index contributed by atoms with van der Waals surface area (Å²) in [4.78, 5) is 15.8. The molecule has 1 aromatic carbocycles. The Balaban J connectivity index is 1.86. The molecule has 3 aromatic rings. The summed E-state index contributed by atoms with van der Waals surface area (Å²) < 4.78 is 0. The Hall–Kier alpha value is -2.21. The molecule has 0 unspecified atom stereocenters. The average Bonchev–Trinajstić information content (AvgIpc) is 3.17. The fourth-order valence-corrected chi connectivity index (χ4v) is 3.75. The molecule has 1 aliphatic heterocycles. The van der Waals surface area contributed by atoms with Crippen LogP contribution in [0.15, 0.2) is 48.9 Å². The summed E-state index contributed by atoms with van der Waals surface area (Å²) in [5.41, 5.74) is 3.08. The lowest BCUT2D eigenvalue weighted by atomic mass is 10.0. The smallest absolute Gasteiger partial charge is 0.148 e. The van der Waals surface area contributed by atoms with Crippen LogP contribution in [0.5, 0.6) is 0 Å². The highest BCUT2D eigenvalue weighted by molar-refractivity contribution is 6.33. The third-order valence-corrected chi connectivity index (χ3v) is 5.34. The van der Waals surface area contributed by atoms with E-state index in [9.17, 15) is 5.11 Å². The van der Waals surface area contributed by atoms with E-state index in [1.54, 1.807) is 18.6 Å².